The molecule has 1 N–H and O–H groups in total. The summed E-state index contributed by atoms with van der Waals surface area (Å²) in [6, 6.07) is 3.50. The number of halogens is 1. The molecule has 1 unspecified atom stereocenters. The van der Waals surface area contributed by atoms with E-state index in [0.29, 0.717) is 10.8 Å². The van der Waals surface area contributed by atoms with Gasteiger partial charge in [-0.15, -0.1) is 0 Å². The number of aromatic amines is 1. The Hall–Kier alpha value is -1.36. The molecule has 3 nitrogen and oxygen atoms in total. The molecule has 1 heterocycles. The standard InChI is InChI=1S/C14H19FN2OS/c1-4-6-9(5-2)17-12-8-13(18-3)10(15)7-11(12)16-14(17)19/h7-9H,4-6H2,1-3H3,(H,16,19). The smallest absolute Gasteiger partial charge is 0.178 e. The number of H-pyrrole nitrogens is 1. The molecule has 0 bridgehead atoms. The van der Waals surface area contributed by atoms with Gasteiger partial charge in [0, 0.05) is 18.2 Å². The molecule has 0 saturated carbocycles. The van der Waals surface area contributed by atoms with Crippen molar-refractivity contribution in [3.05, 3.63) is 22.7 Å². The van der Waals surface area contributed by atoms with Crippen LogP contribution in [0.15, 0.2) is 12.1 Å². The molecule has 0 saturated heterocycles. The molecule has 1 aromatic heterocycles. The number of fused-ring (bicyclic) bond motifs is 1. The van der Waals surface area contributed by atoms with Gasteiger partial charge in [-0.25, -0.2) is 4.39 Å². The highest BCUT2D eigenvalue weighted by Crippen LogP contribution is 2.29. The third kappa shape index (κ3) is 2.52. The van der Waals surface area contributed by atoms with Gasteiger partial charge < -0.3 is 14.3 Å². The molecule has 1 atom stereocenters. The lowest BCUT2D eigenvalue weighted by atomic mass is 10.1. The third-order valence-corrected chi connectivity index (χ3v) is 3.75. The van der Waals surface area contributed by atoms with E-state index in [2.05, 4.69) is 23.4 Å². The molecule has 19 heavy (non-hydrogen) atoms. The second kappa shape index (κ2) is 5.74. The van der Waals surface area contributed by atoms with E-state index in [1.165, 1.54) is 13.2 Å². The van der Waals surface area contributed by atoms with Crippen LogP contribution in [0.3, 0.4) is 0 Å². The summed E-state index contributed by atoms with van der Waals surface area (Å²) in [5, 5.41) is 0. The average Bonchev–Trinajstić information content (AvgIpc) is 2.70. The first-order chi connectivity index (χ1) is 9.12. The maximum atomic E-state index is 13.7. The fraction of sp³-hybridized carbons (Fsp3) is 0.500. The molecule has 2 aromatic rings. The molecular weight excluding hydrogens is 263 g/mol. The number of aromatic nitrogens is 2. The highest BCUT2D eigenvalue weighted by Gasteiger charge is 2.15. The Bertz CT molecular complexity index is 632. The van der Waals surface area contributed by atoms with Crippen molar-refractivity contribution >= 4 is 23.3 Å². The van der Waals surface area contributed by atoms with Gasteiger partial charge in [-0.2, -0.15) is 0 Å². The molecule has 0 radical (unpaired) electrons. The Morgan fingerprint density at radius 2 is 2.16 bits per heavy atom. The summed E-state index contributed by atoms with van der Waals surface area (Å²) >= 11 is 5.38. The summed E-state index contributed by atoms with van der Waals surface area (Å²) < 4.78 is 21.5. The quantitative estimate of drug-likeness (QED) is 0.812. The number of nitrogens with one attached hydrogen (secondary N) is 1. The summed E-state index contributed by atoms with van der Waals surface area (Å²) in [5.74, 6) is -0.122. The Balaban J connectivity index is 2.66. The lowest BCUT2D eigenvalue weighted by Crippen LogP contribution is -2.08. The molecule has 5 heteroatoms. The maximum Gasteiger partial charge on any atom is 0.178 e. The van der Waals surface area contributed by atoms with Crippen LogP contribution in [0.1, 0.15) is 39.2 Å². The largest absolute Gasteiger partial charge is 0.494 e. The number of methoxy groups -OCH3 is 1. The van der Waals surface area contributed by atoms with E-state index >= 15 is 0 Å². The van der Waals surface area contributed by atoms with Crippen molar-refractivity contribution in [2.45, 2.75) is 39.2 Å². The van der Waals surface area contributed by atoms with E-state index in [1.54, 1.807) is 6.07 Å². The predicted octanol–water partition coefficient (Wildman–Crippen LogP) is 4.60. The number of ether oxygens (including phenoxy) is 1. The molecule has 0 aliphatic heterocycles. The normalized spacial score (nSPS) is 12.8. The first-order valence-corrected chi connectivity index (χ1v) is 7.00. The summed E-state index contributed by atoms with van der Waals surface area (Å²) in [6.07, 6.45) is 3.14. The van der Waals surface area contributed by atoms with Crippen molar-refractivity contribution in [1.82, 2.24) is 9.55 Å². The van der Waals surface area contributed by atoms with Gasteiger partial charge >= 0.3 is 0 Å². The second-order valence-electron chi connectivity index (χ2n) is 4.65. The van der Waals surface area contributed by atoms with Crippen molar-refractivity contribution in [2.24, 2.45) is 0 Å². The average molecular weight is 282 g/mol. The molecular formula is C14H19FN2OS. The molecule has 0 aliphatic carbocycles. The summed E-state index contributed by atoms with van der Waals surface area (Å²) in [7, 11) is 1.47. The van der Waals surface area contributed by atoms with Crippen LogP contribution in [0.25, 0.3) is 11.0 Å². The molecule has 1 aromatic carbocycles. The van der Waals surface area contributed by atoms with Crippen LogP contribution in [-0.2, 0) is 0 Å². The van der Waals surface area contributed by atoms with Gasteiger partial charge in [0.2, 0.25) is 0 Å². The fourth-order valence-corrected chi connectivity index (χ4v) is 2.85. The van der Waals surface area contributed by atoms with Gasteiger partial charge in [0.15, 0.2) is 16.3 Å². The number of imidazole rings is 1. The van der Waals surface area contributed by atoms with Crippen LogP contribution in [0.2, 0.25) is 0 Å². The van der Waals surface area contributed by atoms with Gasteiger partial charge in [0.1, 0.15) is 0 Å². The number of hydrogen-bond donors (Lipinski definition) is 1. The lowest BCUT2D eigenvalue weighted by molar-refractivity contribution is 0.386. The minimum Gasteiger partial charge on any atom is -0.494 e. The van der Waals surface area contributed by atoms with E-state index in [4.69, 9.17) is 17.0 Å². The van der Waals surface area contributed by atoms with Crippen LogP contribution in [0.5, 0.6) is 5.75 Å². The van der Waals surface area contributed by atoms with E-state index in [0.717, 1.165) is 30.3 Å². The van der Waals surface area contributed by atoms with Crippen molar-refractivity contribution in [3.8, 4) is 5.75 Å². The highest BCUT2D eigenvalue weighted by molar-refractivity contribution is 7.71. The molecule has 0 spiro atoms. The number of nitrogens with zero attached hydrogens (tertiary/aromatic N) is 1. The van der Waals surface area contributed by atoms with Crippen molar-refractivity contribution in [2.75, 3.05) is 7.11 Å². The molecule has 104 valence electrons. The third-order valence-electron chi connectivity index (χ3n) is 3.45. The SMILES string of the molecule is CCCC(CC)n1c(=S)[nH]c2cc(F)c(OC)cc21. The maximum absolute atomic E-state index is 13.7. The van der Waals surface area contributed by atoms with Gasteiger partial charge in [-0.3, -0.25) is 0 Å². The van der Waals surface area contributed by atoms with Crippen molar-refractivity contribution in [3.63, 3.8) is 0 Å². The van der Waals surface area contributed by atoms with Crippen LogP contribution < -0.4 is 4.74 Å². The van der Waals surface area contributed by atoms with Crippen LogP contribution in [0.4, 0.5) is 4.39 Å². The highest BCUT2D eigenvalue weighted by atomic mass is 32.1. The van der Waals surface area contributed by atoms with Crippen LogP contribution in [-0.4, -0.2) is 16.7 Å². The van der Waals surface area contributed by atoms with E-state index in [-0.39, 0.29) is 11.6 Å². The molecule has 0 fully saturated rings. The topological polar surface area (TPSA) is 29.9 Å². The Labute approximate surface area is 117 Å². The Kier molecular flexibility index (Phi) is 4.24. The first-order valence-electron chi connectivity index (χ1n) is 6.60. The Morgan fingerprint density at radius 1 is 1.42 bits per heavy atom. The number of benzene rings is 1. The van der Waals surface area contributed by atoms with Crippen molar-refractivity contribution < 1.29 is 9.13 Å². The van der Waals surface area contributed by atoms with Gasteiger partial charge in [0.25, 0.3) is 0 Å². The first kappa shape index (κ1) is 14.1. The van der Waals surface area contributed by atoms with Crippen molar-refractivity contribution in [1.29, 1.82) is 0 Å². The zero-order chi connectivity index (χ0) is 14.0. The van der Waals surface area contributed by atoms with Crippen LogP contribution >= 0.6 is 12.2 Å². The number of hydrogen-bond acceptors (Lipinski definition) is 2. The van der Waals surface area contributed by atoms with Gasteiger partial charge in [0.05, 0.1) is 18.1 Å². The minimum absolute atomic E-state index is 0.251. The monoisotopic (exact) mass is 282 g/mol. The molecule has 0 amide bonds. The second-order valence-corrected chi connectivity index (χ2v) is 5.04. The molecule has 2 rings (SSSR count). The predicted molar refractivity (Wildman–Crippen MR) is 77.9 cm³/mol. The Morgan fingerprint density at radius 3 is 2.74 bits per heavy atom. The fourth-order valence-electron chi connectivity index (χ4n) is 2.49. The van der Waals surface area contributed by atoms with E-state index in [9.17, 15) is 4.39 Å². The zero-order valence-corrected chi connectivity index (χ0v) is 12.3. The van der Waals surface area contributed by atoms with E-state index in [1.807, 2.05) is 0 Å². The lowest BCUT2D eigenvalue weighted by Gasteiger charge is -2.17. The summed E-state index contributed by atoms with van der Waals surface area (Å²) in [4.78, 5) is 3.07. The summed E-state index contributed by atoms with van der Waals surface area (Å²) in [5.41, 5.74) is 1.63. The minimum atomic E-state index is -0.373. The van der Waals surface area contributed by atoms with E-state index < -0.39 is 0 Å². The van der Waals surface area contributed by atoms with Crippen LogP contribution in [0, 0.1) is 10.6 Å². The van der Waals surface area contributed by atoms with Gasteiger partial charge in [-0.05, 0) is 25.1 Å². The number of rotatable bonds is 5. The molecule has 0 aliphatic rings. The summed E-state index contributed by atoms with van der Waals surface area (Å²) in [6.45, 7) is 4.29. The zero-order valence-electron chi connectivity index (χ0n) is 11.5. The van der Waals surface area contributed by atoms with Gasteiger partial charge in [-0.1, -0.05) is 20.3 Å².